The van der Waals surface area contributed by atoms with Crippen molar-refractivity contribution in [2.75, 3.05) is 6.61 Å². The van der Waals surface area contributed by atoms with Crippen molar-refractivity contribution in [2.45, 2.75) is 24.7 Å². The van der Waals surface area contributed by atoms with Gasteiger partial charge in [-0.1, -0.05) is 0 Å². The largest absolute Gasteiger partial charge is 0.394 e. The predicted octanol–water partition coefficient (Wildman–Crippen LogP) is 1.75. The highest BCUT2D eigenvalue weighted by Crippen LogP contribution is 2.35. The van der Waals surface area contributed by atoms with Crippen LogP contribution < -0.4 is 0 Å². The molecule has 0 spiro atoms. The quantitative estimate of drug-likeness (QED) is 0.627. The van der Waals surface area contributed by atoms with Crippen LogP contribution in [0, 0.1) is 15.2 Å². The van der Waals surface area contributed by atoms with Gasteiger partial charge in [0.05, 0.1) is 18.8 Å². The zero-order chi connectivity index (χ0) is 12.6. The average Bonchev–Trinajstić information content (AvgIpc) is 2.65. The van der Waals surface area contributed by atoms with Crippen LogP contribution in [-0.4, -0.2) is 29.0 Å². The molecule has 1 aromatic carbocycles. The molecule has 94 valence electrons. The lowest BCUT2D eigenvalue weighted by molar-refractivity contribution is -0.0234. The lowest BCUT2D eigenvalue weighted by Crippen LogP contribution is -2.24. The molecule has 3 atom stereocenters. The van der Waals surface area contributed by atoms with Crippen molar-refractivity contribution in [3.05, 3.63) is 32.9 Å². The summed E-state index contributed by atoms with van der Waals surface area (Å²) in [6, 6.07) is 2.17. The number of benzene rings is 1. The number of halogens is 3. The minimum atomic E-state index is -0.827. The van der Waals surface area contributed by atoms with E-state index in [4.69, 9.17) is 9.84 Å². The molecule has 1 saturated heterocycles. The molecule has 0 radical (unpaired) electrons. The second kappa shape index (κ2) is 5.13. The summed E-state index contributed by atoms with van der Waals surface area (Å²) in [5.74, 6) is -1.32. The highest BCUT2D eigenvalue weighted by atomic mass is 127. The molecule has 17 heavy (non-hydrogen) atoms. The van der Waals surface area contributed by atoms with E-state index in [1.54, 1.807) is 22.6 Å². The Hall–Kier alpha value is -0.310. The van der Waals surface area contributed by atoms with Crippen molar-refractivity contribution >= 4 is 22.6 Å². The van der Waals surface area contributed by atoms with Gasteiger partial charge >= 0.3 is 0 Å². The summed E-state index contributed by atoms with van der Waals surface area (Å²) in [7, 11) is 0. The molecule has 0 bridgehead atoms. The van der Waals surface area contributed by atoms with Crippen LogP contribution in [0.2, 0.25) is 0 Å². The van der Waals surface area contributed by atoms with Crippen molar-refractivity contribution in [1.29, 1.82) is 0 Å². The Balaban J connectivity index is 2.27. The lowest BCUT2D eigenvalue weighted by atomic mass is 10.0. The number of rotatable bonds is 2. The maximum absolute atomic E-state index is 13.6. The summed E-state index contributed by atoms with van der Waals surface area (Å²) < 4.78 is 32.3. The SMILES string of the molecule is OC[C@H]1O[C@H](c2cc(I)c(F)cc2F)C[C@@H]1O. The molecular formula is C11H11F2IO3. The Morgan fingerprint density at radius 1 is 1.35 bits per heavy atom. The van der Waals surface area contributed by atoms with E-state index in [1.165, 1.54) is 6.07 Å². The van der Waals surface area contributed by atoms with Crippen LogP contribution in [0.15, 0.2) is 12.1 Å². The van der Waals surface area contributed by atoms with E-state index in [2.05, 4.69) is 0 Å². The maximum Gasteiger partial charge on any atom is 0.139 e. The molecule has 1 fully saturated rings. The molecule has 0 aliphatic carbocycles. The summed E-state index contributed by atoms with van der Waals surface area (Å²) in [6.45, 7) is -0.322. The van der Waals surface area contributed by atoms with Crippen molar-refractivity contribution in [3.63, 3.8) is 0 Å². The Bertz CT molecular complexity index is 427. The normalized spacial score (nSPS) is 28.6. The molecule has 0 unspecified atom stereocenters. The summed E-state index contributed by atoms with van der Waals surface area (Å²) in [4.78, 5) is 0. The van der Waals surface area contributed by atoms with Gasteiger partial charge in [0, 0.05) is 21.6 Å². The fraction of sp³-hybridized carbons (Fsp3) is 0.455. The van der Waals surface area contributed by atoms with E-state index in [0.29, 0.717) is 3.57 Å². The fourth-order valence-electron chi connectivity index (χ4n) is 1.88. The molecule has 2 rings (SSSR count). The van der Waals surface area contributed by atoms with Crippen LogP contribution in [-0.2, 0) is 4.74 Å². The van der Waals surface area contributed by atoms with Gasteiger partial charge in [-0.2, -0.15) is 0 Å². The van der Waals surface area contributed by atoms with Crippen LogP contribution in [0.25, 0.3) is 0 Å². The first-order chi connectivity index (χ1) is 8.02. The van der Waals surface area contributed by atoms with Crippen LogP contribution in [0.5, 0.6) is 0 Å². The second-order valence-electron chi connectivity index (χ2n) is 3.94. The van der Waals surface area contributed by atoms with Gasteiger partial charge < -0.3 is 14.9 Å². The predicted molar refractivity (Wildman–Crippen MR) is 64.4 cm³/mol. The zero-order valence-corrected chi connectivity index (χ0v) is 10.9. The van der Waals surface area contributed by atoms with Crippen LogP contribution >= 0.6 is 22.6 Å². The molecule has 1 aliphatic rings. The van der Waals surface area contributed by atoms with Crippen LogP contribution in [0.1, 0.15) is 18.1 Å². The highest BCUT2D eigenvalue weighted by Gasteiger charge is 2.35. The van der Waals surface area contributed by atoms with E-state index in [-0.39, 0.29) is 18.6 Å². The minimum absolute atomic E-state index is 0.198. The summed E-state index contributed by atoms with van der Waals surface area (Å²) in [5.41, 5.74) is 0.214. The first-order valence-corrected chi connectivity index (χ1v) is 6.19. The topological polar surface area (TPSA) is 49.7 Å². The van der Waals surface area contributed by atoms with Crippen molar-refractivity contribution in [3.8, 4) is 0 Å². The number of hydrogen-bond donors (Lipinski definition) is 2. The molecule has 0 aromatic heterocycles. The van der Waals surface area contributed by atoms with Gasteiger partial charge in [0.2, 0.25) is 0 Å². The third-order valence-electron chi connectivity index (χ3n) is 2.79. The number of aliphatic hydroxyl groups is 2. The molecule has 3 nitrogen and oxygen atoms in total. The molecule has 0 amide bonds. The molecule has 1 aromatic rings. The molecule has 2 N–H and O–H groups in total. The van der Waals surface area contributed by atoms with E-state index < -0.39 is 29.9 Å². The summed E-state index contributed by atoms with van der Waals surface area (Å²) in [5, 5.41) is 18.5. The Kier molecular flexibility index (Phi) is 3.96. The Labute approximate surface area is 111 Å². The number of aliphatic hydroxyl groups excluding tert-OH is 2. The molecular weight excluding hydrogens is 345 g/mol. The third kappa shape index (κ3) is 2.59. The standard InChI is InChI=1S/C11H11F2IO3/c12-6-2-7(13)8(14)1-5(6)10-3-9(16)11(4-15)17-10/h1-2,9-11,15-16H,3-4H2/t9-,10-,11+/m0/s1. The van der Waals surface area contributed by atoms with Gasteiger partial charge in [-0.05, 0) is 28.7 Å². The van der Waals surface area contributed by atoms with Gasteiger partial charge in [-0.15, -0.1) is 0 Å². The second-order valence-corrected chi connectivity index (χ2v) is 5.10. The monoisotopic (exact) mass is 356 g/mol. The van der Waals surface area contributed by atoms with E-state index >= 15 is 0 Å². The lowest BCUT2D eigenvalue weighted by Gasteiger charge is -2.13. The van der Waals surface area contributed by atoms with Gasteiger partial charge in [-0.3, -0.25) is 0 Å². The first kappa shape index (κ1) is 13.1. The van der Waals surface area contributed by atoms with Gasteiger partial charge in [0.1, 0.15) is 17.7 Å². The molecule has 0 saturated carbocycles. The van der Waals surface area contributed by atoms with E-state index in [1.807, 2.05) is 0 Å². The van der Waals surface area contributed by atoms with Crippen LogP contribution in [0.3, 0.4) is 0 Å². The van der Waals surface area contributed by atoms with E-state index in [0.717, 1.165) is 6.07 Å². The van der Waals surface area contributed by atoms with Gasteiger partial charge in [0.15, 0.2) is 0 Å². The van der Waals surface area contributed by atoms with Crippen LogP contribution in [0.4, 0.5) is 8.78 Å². The Morgan fingerprint density at radius 2 is 2.06 bits per heavy atom. The number of hydrogen-bond acceptors (Lipinski definition) is 3. The van der Waals surface area contributed by atoms with E-state index in [9.17, 15) is 13.9 Å². The molecule has 6 heteroatoms. The molecule has 1 aliphatic heterocycles. The first-order valence-electron chi connectivity index (χ1n) is 5.11. The average molecular weight is 356 g/mol. The van der Waals surface area contributed by atoms with Crippen molar-refractivity contribution in [1.82, 2.24) is 0 Å². The fourth-order valence-corrected chi connectivity index (χ4v) is 2.37. The smallest absolute Gasteiger partial charge is 0.139 e. The number of ether oxygens (including phenoxy) is 1. The summed E-state index contributed by atoms with van der Waals surface area (Å²) >= 11 is 1.76. The minimum Gasteiger partial charge on any atom is -0.394 e. The van der Waals surface area contributed by atoms with Gasteiger partial charge in [0.25, 0.3) is 0 Å². The maximum atomic E-state index is 13.6. The highest BCUT2D eigenvalue weighted by molar-refractivity contribution is 14.1. The zero-order valence-electron chi connectivity index (χ0n) is 8.74. The Morgan fingerprint density at radius 3 is 2.65 bits per heavy atom. The summed E-state index contributed by atoms with van der Waals surface area (Å²) in [6.07, 6.45) is -1.98. The van der Waals surface area contributed by atoms with Crippen molar-refractivity contribution in [2.24, 2.45) is 0 Å². The molecule has 1 heterocycles. The van der Waals surface area contributed by atoms with Crippen molar-refractivity contribution < 1.29 is 23.7 Å². The third-order valence-corrected chi connectivity index (χ3v) is 3.62. The van der Waals surface area contributed by atoms with Gasteiger partial charge in [-0.25, -0.2) is 8.78 Å².